The maximum absolute atomic E-state index is 12.9. The van der Waals surface area contributed by atoms with Gasteiger partial charge < -0.3 is 15.1 Å². The van der Waals surface area contributed by atoms with Gasteiger partial charge in [-0.05, 0) is 83.5 Å². The third-order valence-electron chi connectivity index (χ3n) is 5.67. The van der Waals surface area contributed by atoms with Crippen LogP contribution in [0.1, 0.15) is 28.8 Å². The van der Waals surface area contributed by atoms with Gasteiger partial charge in [-0.25, -0.2) is 0 Å². The van der Waals surface area contributed by atoms with Crippen molar-refractivity contribution < 1.29 is 15.0 Å². The number of aliphatic hydroxyl groups is 1. The summed E-state index contributed by atoms with van der Waals surface area (Å²) in [6.45, 7) is 3.51. The lowest BCUT2D eigenvalue weighted by Gasteiger charge is -2.32. The average Bonchev–Trinajstić information content (AvgIpc) is 2.72. The van der Waals surface area contributed by atoms with Crippen LogP contribution in [0.15, 0.2) is 54.6 Å². The molecule has 4 heteroatoms. The molecule has 28 heavy (non-hydrogen) atoms. The second-order valence-corrected chi connectivity index (χ2v) is 7.72. The molecule has 0 saturated carbocycles. The second kappa shape index (κ2) is 7.64. The number of amides is 1. The lowest BCUT2D eigenvalue weighted by Crippen LogP contribution is -2.40. The van der Waals surface area contributed by atoms with Crippen LogP contribution in [-0.4, -0.2) is 40.7 Å². The molecule has 1 aliphatic rings. The summed E-state index contributed by atoms with van der Waals surface area (Å²) in [6.07, 6.45) is 1.93. The molecule has 1 atom stereocenters. The Morgan fingerprint density at radius 3 is 2.64 bits per heavy atom. The first-order valence-electron chi connectivity index (χ1n) is 9.79. The molecule has 4 rings (SSSR count). The van der Waals surface area contributed by atoms with Gasteiger partial charge in [0.1, 0.15) is 5.75 Å². The Balaban J connectivity index is 1.62. The minimum Gasteiger partial charge on any atom is -0.508 e. The van der Waals surface area contributed by atoms with E-state index in [4.69, 9.17) is 0 Å². The molecule has 0 bridgehead atoms. The molecule has 144 valence electrons. The maximum atomic E-state index is 12.9. The van der Waals surface area contributed by atoms with Gasteiger partial charge in [0, 0.05) is 25.3 Å². The number of hydrogen-bond acceptors (Lipinski definition) is 3. The van der Waals surface area contributed by atoms with Crippen molar-refractivity contribution in [1.29, 1.82) is 0 Å². The fourth-order valence-electron chi connectivity index (χ4n) is 4.10. The van der Waals surface area contributed by atoms with Crippen molar-refractivity contribution >= 4 is 16.7 Å². The number of carbonyl (C=O) groups is 1. The van der Waals surface area contributed by atoms with E-state index in [0.29, 0.717) is 12.1 Å². The van der Waals surface area contributed by atoms with Crippen LogP contribution in [0.2, 0.25) is 0 Å². The van der Waals surface area contributed by atoms with Crippen molar-refractivity contribution in [2.24, 2.45) is 5.92 Å². The molecule has 4 nitrogen and oxygen atoms in total. The Hall–Kier alpha value is -2.85. The minimum absolute atomic E-state index is 0.0403. The standard InChI is InChI=1S/C24H25NO3/c1-16-11-22(27)8-9-23(16)20-6-4-19-13-21(7-5-18(19)12-20)24(28)25-10-2-3-17(14-25)15-26/h4-9,11-13,17,26-27H,2-3,10,14-15H2,1H3. The molecular weight excluding hydrogens is 350 g/mol. The molecule has 3 aromatic carbocycles. The SMILES string of the molecule is Cc1cc(O)ccc1-c1ccc2cc(C(=O)N3CCCC(CO)C3)ccc2c1. The first kappa shape index (κ1) is 18.5. The van der Waals surface area contributed by atoms with Crippen molar-refractivity contribution in [1.82, 2.24) is 4.90 Å². The number of phenols is 1. The van der Waals surface area contributed by atoms with E-state index < -0.39 is 0 Å². The van der Waals surface area contributed by atoms with Gasteiger partial charge in [-0.2, -0.15) is 0 Å². The van der Waals surface area contributed by atoms with Crippen LogP contribution in [0.4, 0.5) is 0 Å². The number of phenolic OH excluding ortho intramolecular Hbond substituents is 1. The van der Waals surface area contributed by atoms with Gasteiger partial charge in [0.05, 0.1) is 0 Å². The largest absolute Gasteiger partial charge is 0.508 e. The zero-order valence-electron chi connectivity index (χ0n) is 16.1. The van der Waals surface area contributed by atoms with Gasteiger partial charge >= 0.3 is 0 Å². The topological polar surface area (TPSA) is 60.8 Å². The molecule has 1 fully saturated rings. The van der Waals surface area contributed by atoms with E-state index >= 15 is 0 Å². The molecule has 1 aliphatic heterocycles. The van der Waals surface area contributed by atoms with Gasteiger partial charge in [0.15, 0.2) is 0 Å². The van der Waals surface area contributed by atoms with Crippen LogP contribution in [0.25, 0.3) is 21.9 Å². The number of aliphatic hydroxyl groups excluding tert-OH is 1. The minimum atomic E-state index is 0.0403. The highest BCUT2D eigenvalue weighted by molar-refractivity contribution is 5.99. The fraction of sp³-hybridized carbons (Fsp3) is 0.292. The summed E-state index contributed by atoms with van der Waals surface area (Å²) in [4.78, 5) is 14.8. The van der Waals surface area contributed by atoms with Crippen LogP contribution in [0, 0.1) is 12.8 Å². The molecule has 0 radical (unpaired) electrons. The van der Waals surface area contributed by atoms with Crippen LogP contribution in [0.3, 0.4) is 0 Å². The number of carbonyl (C=O) groups excluding carboxylic acids is 1. The van der Waals surface area contributed by atoms with E-state index in [0.717, 1.165) is 46.8 Å². The Labute approximate surface area is 165 Å². The maximum Gasteiger partial charge on any atom is 0.253 e. The van der Waals surface area contributed by atoms with Crippen molar-refractivity contribution in [2.75, 3.05) is 19.7 Å². The molecule has 0 spiro atoms. The van der Waals surface area contributed by atoms with Crippen LogP contribution in [-0.2, 0) is 0 Å². The summed E-state index contributed by atoms with van der Waals surface area (Å²) in [5, 5.41) is 21.1. The predicted octanol–water partition coefficient (Wildman–Crippen LogP) is 4.37. The molecular formula is C24H25NO3. The van der Waals surface area contributed by atoms with Crippen LogP contribution in [0.5, 0.6) is 5.75 Å². The molecule has 2 N–H and O–H groups in total. The quantitative estimate of drug-likeness (QED) is 0.715. The highest BCUT2D eigenvalue weighted by atomic mass is 16.3. The zero-order chi connectivity index (χ0) is 19.7. The predicted molar refractivity (Wildman–Crippen MR) is 111 cm³/mol. The smallest absolute Gasteiger partial charge is 0.253 e. The summed E-state index contributed by atoms with van der Waals surface area (Å²) in [5.41, 5.74) is 3.89. The highest BCUT2D eigenvalue weighted by Gasteiger charge is 2.24. The molecule has 1 amide bonds. The van der Waals surface area contributed by atoms with E-state index in [1.54, 1.807) is 12.1 Å². The Morgan fingerprint density at radius 2 is 1.86 bits per heavy atom. The van der Waals surface area contributed by atoms with Crippen molar-refractivity contribution in [3.8, 4) is 16.9 Å². The summed E-state index contributed by atoms with van der Waals surface area (Å²) in [7, 11) is 0. The third kappa shape index (κ3) is 3.60. The van der Waals surface area contributed by atoms with Crippen molar-refractivity contribution in [3.63, 3.8) is 0 Å². The highest BCUT2D eigenvalue weighted by Crippen LogP contribution is 2.30. The number of benzene rings is 3. The zero-order valence-corrected chi connectivity index (χ0v) is 16.1. The monoisotopic (exact) mass is 375 g/mol. The molecule has 0 aromatic heterocycles. The normalized spacial score (nSPS) is 17.1. The molecule has 3 aromatic rings. The van der Waals surface area contributed by atoms with Crippen molar-refractivity contribution in [3.05, 3.63) is 65.7 Å². The number of piperidine rings is 1. The van der Waals surface area contributed by atoms with Gasteiger partial charge in [-0.15, -0.1) is 0 Å². The van der Waals surface area contributed by atoms with Crippen molar-refractivity contribution in [2.45, 2.75) is 19.8 Å². The number of hydrogen-bond donors (Lipinski definition) is 2. The number of likely N-dealkylation sites (tertiary alicyclic amines) is 1. The van der Waals surface area contributed by atoms with Gasteiger partial charge in [-0.1, -0.05) is 24.3 Å². The van der Waals surface area contributed by atoms with Crippen LogP contribution < -0.4 is 0 Å². The molecule has 1 unspecified atom stereocenters. The lowest BCUT2D eigenvalue weighted by atomic mass is 9.96. The van der Waals surface area contributed by atoms with E-state index in [-0.39, 0.29) is 24.2 Å². The number of aryl methyl sites for hydroxylation is 1. The molecule has 0 aliphatic carbocycles. The van der Waals surface area contributed by atoms with E-state index in [1.807, 2.05) is 42.2 Å². The number of fused-ring (bicyclic) bond motifs is 1. The van der Waals surface area contributed by atoms with E-state index in [2.05, 4.69) is 12.1 Å². The van der Waals surface area contributed by atoms with Gasteiger partial charge in [0.25, 0.3) is 5.91 Å². The van der Waals surface area contributed by atoms with Gasteiger partial charge in [-0.3, -0.25) is 4.79 Å². The second-order valence-electron chi connectivity index (χ2n) is 7.72. The summed E-state index contributed by atoms with van der Waals surface area (Å²) in [5.74, 6) is 0.499. The fourth-order valence-corrected chi connectivity index (χ4v) is 4.10. The molecule has 1 saturated heterocycles. The number of rotatable bonds is 3. The first-order valence-corrected chi connectivity index (χ1v) is 9.79. The summed E-state index contributed by atoms with van der Waals surface area (Å²) >= 11 is 0. The Morgan fingerprint density at radius 1 is 1.07 bits per heavy atom. The number of nitrogens with zero attached hydrogens (tertiary/aromatic N) is 1. The first-order chi connectivity index (χ1) is 13.5. The van der Waals surface area contributed by atoms with Crippen LogP contribution >= 0.6 is 0 Å². The lowest BCUT2D eigenvalue weighted by molar-refractivity contribution is 0.0621. The van der Waals surface area contributed by atoms with Gasteiger partial charge in [0.2, 0.25) is 0 Å². The van der Waals surface area contributed by atoms with E-state index in [9.17, 15) is 15.0 Å². The molecule has 1 heterocycles. The summed E-state index contributed by atoms with van der Waals surface area (Å²) in [6, 6.07) is 17.4. The van der Waals surface area contributed by atoms with E-state index in [1.165, 1.54) is 0 Å². The third-order valence-corrected chi connectivity index (χ3v) is 5.67. The number of aromatic hydroxyl groups is 1. The Bertz CT molecular complexity index is 1030. The average molecular weight is 375 g/mol. The summed E-state index contributed by atoms with van der Waals surface area (Å²) < 4.78 is 0. The Kier molecular flexibility index (Phi) is 5.05.